The standard InChI is InChI=1S/C19H26N2O4S/c1-12-14(19(24)25-2)17(20-16(22)13-8-4-3-5-9-13)26-15(12)18(23)21-10-6-7-11-21/h13H,3-11H2,1-2H3,(H,20,22). The molecule has 26 heavy (non-hydrogen) atoms. The van der Waals surface area contributed by atoms with Gasteiger partial charge in [0.2, 0.25) is 5.91 Å². The van der Waals surface area contributed by atoms with Crippen molar-refractivity contribution in [1.29, 1.82) is 0 Å². The van der Waals surface area contributed by atoms with Crippen molar-refractivity contribution in [2.45, 2.75) is 51.9 Å². The minimum absolute atomic E-state index is 0.0191. The fraction of sp³-hybridized carbons (Fsp3) is 0.632. The number of ether oxygens (including phenoxy) is 1. The van der Waals surface area contributed by atoms with Gasteiger partial charge in [-0.3, -0.25) is 9.59 Å². The average Bonchev–Trinajstić information content (AvgIpc) is 3.30. The molecule has 2 amide bonds. The summed E-state index contributed by atoms with van der Waals surface area (Å²) in [5.74, 6) is -0.655. The van der Waals surface area contributed by atoms with Crippen LogP contribution in [0.5, 0.6) is 0 Å². The molecule has 2 fully saturated rings. The van der Waals surface area contributed by atoms with Crippen LogP contribution in [0, 0.1) is 12.8 Å². The number of thiophene rings is 1. The zero-order valence-electron chi connectivity index (χ0n) is 15.4. The van der Waals surface area contributed by atoms with Crippen molar-refractivity contribution in [1.82, 2.24) is 4.90 Å². The topological polar surface area (TPSA) is 75.7 Å². The molecule has 0 aromatic carbocycles. The molecule has 0 atom stereocenters. The summed E-state index contributed by atoms with van der Waals surface area (Å²) in [5, 5.41) is 3.35. The Bertz CT molecular complexity index is 701. The van der Waals surface area contributed by atoms with Crippen LogP contribution in [0.4, 0.5) is 5.00 Å². The van der Waals surface area contributed by atoms with Gasteiger partial charge >= 0.3 is 5.97 Å². The summed E-state index contributed by atoms with van der Waals surface area (Å²) in [6, 6.07) is 0. The van der Waals surface area contributed by atoms with Crippen LogP contribution in [0.3, 0.4) is 0 Å². The first kappa shape index (κ1) is 18.9. The van der Waals surface area contributed by atoms with Crippen LogP contribution < -0.4 is 5.32 Å². The highest BCUT2D eigenvalue weighted by Crippen LogP contribution is 2.36. The van der Waals surface area contributed by atoms with Gasteiger partial charge < -0.3 is 15.0 Å². The summed E-state index contributed by atoms with van der Waals surface area (Å²) < 4.78 is 4.89. The van der Waals surface area contributed by atoms with Crippen molar-refractivity contribution in [3.05, 3.63) is 16.0 Å². The van der Waals surface area contributed by atoms with Gasteiger partial charge in [-0.2, -0.15) is 0 Å². The van der Waals surface area contributed by atoms with Crippen molar-refractivity contribution in [3.63, 3.8) is 0 Å². The minimum atomic E-state index is -0.516. The lowest BCUT2D eigenvalue weighted by Gasteiger charge is -2.20. The number of rotatable bonds is 4. The highest BCUT2D eigenvalue weighted by Gasteiger charge is 2.31. The first-order valence-corrected chi connectivity index (χ1v) is 10.2. The van der Waals surface area contributed by atoms with E-state index in [-0.39, 0.29) is 17.7 Å². The summed E-state index contributed by atoms with van der Waals surface area (Å²) >= 11 is 1.19. The molecule has 1 aliphatic carbocycles. The summed E-state index contributed by atoms with van der Waals surface area (Å²) in [4.78, 5) is 40.0. The van der Waals surface area contributed by atoms with Crippen LogP contribution >= 0.6 is 11.3 Å². The molecule has 1 aromatic rings. The maximum absolute atomic E-state index is 12.8. The zero-order chi connectivity index (χ0) is 18.7. The van der Waals surface area contributed by atoms with Crippen molar-refractivity contribution in [3.8, 4) is 0 Å². The molecule has 1 aromatic heterocycles. The normalized spacial score (nSPS) is 18.0. The number of nitrogens with zero attached hydrogens (tertiary/aromatic N) is 1. The maximum Gasteiger partial charge on any atom is 0.341 e. The van der Waals surface area contributed by atoms with E-state index < -0.39 is 5.97 Å². The van der Waals surface area contributed by atoms with E-state index in [0.29, 0.717) is 21.0 Å². The molecule has 142 valence electrons. The van der Waals surface area contributed by atoms with E-state index >= 15 is 0 Å². The second-order valence-electron chi connectivity index (χ2n) is 7.08. The van der Waals surface area contributed by atoms with E-state index in [1.807, 2.05) is 4.90 Å². The Morgan fingerprint density at radius 3 is 2.35 bits per heavy atom. The zero-order valence-corrected chi connectivity index (χ0v) is 16.2. The van der Waals surface area contributed by atoms with Crippen LogP contribution in [-0.4, -0.2) is 42.9 Å². The van der Waals surface area contributed by atoms with Gasteiger partial charge in [-0.05, 0) is 38.2 Å². The fourth-order valence-electron chi connectivity index (χ4n) is 3.80. The second-order valence-corrected chi connectivity index (χ2v) is 8.10. The molecule has 7 heteroatoms. The van der Waals surface area contributed by atoms with Gasteiger partial charge in [-0.1, -0.05) is 19.3 Å². The Morgan fingerprint density at radius 1 is 1.08 bits per heavy atom. The van der Waals surface area contributed by atoms with Crippen molar-refractivity contribution < 1.29 is 19.1 Å². The number of anilines is 1. The Hall–Kier alpha value is -1.89. The molecule has 1 saturated carbocycles. The minimum Gasteiger partial charge on any atom is -0.465 e. The van der Waals surface area contributed by atoms with Crippen molar-refractivity contribution >= 4 is 34.1 Å². The largest absolute Gasteiger partial charge is 0.465 e. The van der Waals surface area contributed by atoms with Gasteiger partial charge in [0.1, 0.15) is 5.00 Å². The summed E-state index contributed by atoms with van der Waals surface area (Å²) in [7, 11) is 1.31. The van der Waals surface area contributed by atoms with E-state index in [4.69, 9.17) is 4.74 Å². The van der Waals surface area contributed by atoms with Crippen molar-refractivity contribution in [2.75, 3.05) is 25.5 Å². The molecule has 0 bridgehead atoms. The second kappa shape index (κ2) is 8.20. The highest BCUT2D eigenvalue weighted by atomic mass is 32.1. The van der Waals surface area contributed by atoms with Crippen LogP contribution in [-0.2, 0) is 9.53 Å². The molecule has 6 nitrogen and oxygen atoms in total. The smallest absolute Gasteiger partial charge is 0.341 e. The van der Waals surface area contributed by atoms with Crippen LogP contribution in [0.15, 0.2) is 0 Å². The van der Waals surface area contributed by atoms with E-state index in [0.717, 1.165) is 51.6 Å². The molecule has 3 rings (SSSR count). The first-order chi connectivity index (χ1) is 12.5. The summed E-state index contributed by atoms with van der Waals surface area (Å²) in [6.45, 7) is 3.24. The Morgan fingerprint density at radius 2 is 1.73 bits per heavy atom. The molecule has 0 spiro atoms. The monoisotopic (exact) mass is 378 g/mol. The number of likely N-dealkylation sites (tertiary alicyclic amines) is 1. The van der Waals surface area contributed by atoms with Gasteiger partial charge in [-0.15, -0.1) is 11.3 Å². The summed E-state index contributed by atoms with van der Waals surface area (Å²) in [6.07, 6.45) is 7.06. The first-order valence-electron chi connectivity index (χ1n) is 9.34. The lowest BCUT2D eigenvalue weighted by molar-refractivity contribution is -0.120. The van der Waals surface area contributed by atoms with Crippen molar-refractivity contribution in [2.24, 2.45) is 5.92 Å². The average molecular weight is 378 g/mol. The Labute approximate surface area is 157 Å². The third kappa shape index (κ3) is 3.77. The van der Waals surface area contributed by atoms with E-state index in [2.05, 4.69) is 5.32 Å². The van der Waals surface area contributed by atoms with E-state index in [1.165, 1.54) is 24.9 Å². The molecule has 0 unspecified atom stereocenters. The maximum atomic E-state index is 12.8. The molecular formula is C19H26N2O4S. The predicted octanol–water partition coefficient (Wildman–Crippen LogP) is 3.60. The molecule has 0 radical (unpaired) electrons. The number of hydrogen-bond acceptors (Lipinski definition) is 5. The molecule has 1 saturated heterocycles. The van der Waals surface area contributed by atoms with Gasteiger partial charge in [0.15, 0.2) is 0 Å². The number of esters is 1. The number of hydrogen-bond donors (Lipinski definition) is 1. The number of nitrogens with one attached hydrogen (secondary N) is 1. The Balaban J connectivity index is 1.87. The lowest BCUT2D eigenvalue weighted by Crippen LogP contribution is -2.27. The van der Waals surface area contributed by atoms with Crippen LogP contribution in [0.2, 0.25) is 0 Å². The molecule has 2 heterocycles. The van der Waals surface area contributed by atoms with Gasteiger partial charge in [0.25, 0.3) is 5.91 Å². The third-order valence-electron chi connectivity index (χ3n) is 5.34. The summed E-state index contributed by atoms with van der Waals surface area (Å²) in [5.41, 5.74) is 0.905. The fourth-order valence-corrected chi connectivity index (χ4v) is 4.96. The molecular weight excluding hydrogens is 352 g/mol. The lowest BCUT2D eigenvalue weighted by atomic mass is 9.89. The SMILES string of the molecule is COC(=O)c1c(NC(=O)C2CCCCC2)sc(C(=O)N2CCCC2)c1C. The molecule has 2 aliphatic rings. The molecule has 1 aliphatic heterocycles. The Kier molecular flexibility index (Phi) is 5.96. The van der Waals surface area contributed by atoms with E-state index in [9.17, 15) is 14.4 Å². The third-order valence-corrected chi connectivity index (χ3v) is 6.53. The highest BCUT2D eigenvalue weighted by molar-refractivity contribution is 7.18. The number of carbonyl (C=O) groups excluding carboxylic acids is 3. The van der Waals surface area contributed by atoms with E-state index in [1.54, 1.807) is 6.92 Å². The predicted molar refractivity (Wildman–Crippen MR) is 101 cm³/mol. The van der Waals surface area contributed by atoms with Gasteiger partial charge in [0, 0.05) is 19.0 Å². The number of amides is 2. The van der Waals surface area contributed by atoms with Crippen LogP contribution in [0.25, 0.3) is 0 Å². The van der Waals surface area contributed by atoms with Gasteiger partial charge in [0.05, 0.1) is 17.6 Å². The molecule has 1 N–H and O–H groups in total. The van der Waals surface area contributed by atoms with Crippen LogP contribution in [0.1, 0.15) is 70.5 Å². The quantitative estimate of drug-likeness (QED) is 0.812. The van der Waals surface area contributed by atoms with Gasteiger partial charge in [-0.25, -0.2) is 4.79 Å². The number of methoxy groups -OCH3 is 1. The number of carbonyl (C=O) groups is 3.